The number of carbonyl (C=O) groups excluding carboxylic acids is 1. The van der Waals surface area contributed by atoms with Crippen LogP contribution in [0.1, 0.15) is 17.3 Å². The third kappa shape index (κ3) is 4.90. The first-order valence-corrected chi connectivity index (χ1v) is 10.3. The molecular weight excluding hydrogens is 398 g/mol. The van der Waals surface area contributed by atoms with E-state index in [0.717, 1.165) is 36.8 Å². The molecule has 1 aliphatic rings. The number of hydrogen-bond donors (Lipinski definition) is 3. The lowest BCUT2D eigenvalue weighted by Crippen LogP contribution is -2.49. The van der Waals surface area contributed by atoms with E-state index in [1.165, 1.54) is 0 Å². The lowest BCUT2D eigenvalue weighted by atomic mass is 10.2. The first kappa shape index (κ1) is 20.2. The van der Waals surface area contributed by atoms with E-state index < -0.39 is 0 Å². The van der Waals surface area contributed by atoms with Crippen LogP contribution in [0.15, 0.2) is 66.9 Å². The van der Waals surface area contributed by atoms with Gasteiger partial charge in [0.1, 0.15) is 5.82 Å². The molecule has 1 aromatic heterocycles. The first-order valence-electron chi connectivity index (χ1n) is 9.96. The Bertz CT molecular complexity index is 1010. The fourth-order valence-corrected chi connectivity index (χ4v) is 3.59. The summed E-state index contributed by atoms with van der Waals surface area (Å²) in [6.07, 6.45) is 1.62. The normalized spacial score (nSPS) is 16.2. The van der Waals surface area contributed by atoms with Crippen molar-refractivity contribution in [3.8, 4) is 0 Å². The van der Waals surface area contributed by atoms with Gasteiger partial charge in [-0.1, -0.05) is 29.8 Å². The molecule has 0 saturated carbocycles. The second-order valence-electron chi connectivity index (χ2n) is 7.35. The van der Waals surface area contributed by atoms with Crippen molar-refractivity contribution in [2.75, 3.05) is 35.2 Å². The van der Waals surface area contributed by atoms with Crippen molar-refractivity contribution in [1.29, 1.82) is 0 Å². The highest BCUT2D eigenvalue weighted by Gasteiger charge is 2.17. The first-order chi connectivity index (χ1) is 14.6. The van der Waals surface area contributed by atoms with Crippen molar-refractivity contribution >= 4 is 40.4 Å². The molecule has 2 aromatic carbocycles. The maximum atomic E-state index is 12.7. The number of hydrogen-bond acceptors (Lipinski definition) is 5. The average molecular weight is 422 g/mol. The van der Waals surface area contributed by atoms with Gasteiger partial charge in [-0.2, -0.15) is 0 Å². The Morgan fingerprint density at radius 3 is 2.70 bits per heavy atom. The van der Waals surface area contributed by atoms with Crippen LogP contribution < -0.4 is 20.9 Å². The maximum absolute atomic E-state index is 12.7. The van der Waals surface area contributed by atoms with Gasteiger partial charge in [-0.25, -0.2) is 4.98 Å². The maximum Gasteiger partial charge on any atom is 0.257 e. The molecule has 0 radical (unpaired) electrons. The van der Waals surface area contributed by atoms with Gasteiger partial charge in [0, 0.05) is 43.2 Å². The lowest BCUT2D eigenvalue weighted by molar-refractivity contribution is 0.102. The zero-order chi connectivity index (χ0) is 20.9. The number of halogens is 1. The van der Waals surface area contributed by atoms with Crippen molar-refractivity contribution in [3.63, 3.8) is 0 Å². The molecule has 1 amide bonds. The molecule has 3 aromatic rings. The standard InChI is InChI=1S/C23H24ClN5O/c1-16-15-29(12-11-25-16)22-10-7-17(14-26-22)23(30)28-19-8-9-20(24)21(13-19)27-18-5-3-2-4-6-18/h2-10,13-14,16,25,27H,11-12,15H2,1H3,(H,28,30)/t16-/m0/s1. The van der Waals surface area contributed by atoms with Crippen molar-refractivity contribution < 1.29 is 4.79 Å². The zero-order valence-corrected chi connectivity index (χ0v) is 17.5. The van der Waals surface area contributed by atoms with Crippen LogP contribution in [0.25, 0.3) is 0 Å². The summed E-state index contributed by atoms with van der Waals surface area (Å²) >= 11 is 6.31. The number of aromatic nitrogens is 1. The number of benzene rings is 2. The van der Waals surface area contributed by atoms with E-state index in [4.69, 9.17) is 11.6 Å². The number of carbonyl (C=O) groups is 1. The highest BCUT2D eigenvalue weighted by molar-refractivity contribution is 6.33. The minimum atomic E-state index is -0.212. The van der Waals surface area contributed by atoms with Crippen LogP contribution in [-0.2, 0) is 0 Å². The quantitative estimate of drug-likeness (QED) is 0.564. The van der Waals surface area contributed by atoms with Crippen molar-refractivity contribution in [2.45, 2.75) is 13.0 Å². The Kier molecular flexibility index (Phi) is 6.16. The Balaban J connectivity index is 1.44. The third-order valence-corrected chi connectivity index (χ3v) is 5.31. The molecule has 0 spiro atoms. The number of amides is 1. The molecule has 1 atom stereocenters. The fraction of sp³-hybridized carbons (Fsp3) is 0.217. The van der Waals surface area contributed by atoms with Crippen LogP contribution in [0, 0.1) is 0 Å². The molecule has 3 N–H and O–H groups in total. The molecule has 0 aliphatic carbocycles. The third-order valence-electron chi connectivity index (χ3n) is 4.98. The summed E-state index contributed by atoms with van der Waals surface area (Å²) in [5.74, 6) is 0.677. The topological polar surface area (TPSA) is 69.3 Å². The Morgan fingerprint density at radius 2 is 1.97 bits per heavy atom. The van der Waals surface area contributed by atoms with E-state index >= 15 is 0 Å². The van der Waals surface area contributed by atoms with Gasteiger partial charge < -0.3 is 20.9 Å². The molecular formula is C23H24ClN5O. The van der Waals surface area contributed by atoms with Crippen LogP contribution in [0.3, 0.4) is 0 Å². The number of pyridine rings is 1. The summed E-state index contributed by atoms with van der Waals surface area (Å²) in [7, 11) is 0. The number of piperazine rings is 1. The minimum Gasteiger partial charge on any atom is -0.354 e. The van der Waals surface area contributed by atoms with Gasteiger partial charge in [0.2, 0.25) is 0 Å². The molecule has 4 rings (SSSR count). The molecule has 7 heteroatoms. The molecule has 0 unspecified atom stereocenters. The summed E-state index contributed by atoms with van der Waals surface area (Å²) < 4.78 is 0. The Labute approximate surface area is 181 Å². The Hall–Kier alpha value is -3.09. The predicted molar refractivity (Wildman–Crippen MR) is 123 cm³/mol. The second-order valence-corrected chi connectivity index (χ2v) is 7.75. The monoisotopic (exact) mass is 421 g/mol. The van der Waals surface area contributed by atoms with E-state index in [9.17, 15) is 4.79 Å². The average Bonchev–Trinajstić information content (AvgIpc) is 2.77. The molecule has 154 valence electrons. The van der Waals surface area contributed by atoms with Crippen molar-refractivity contribution in [1.82, 2.24) is 10.3 Å². The van der Waals surface area contributed by atoms with Crippen molar-refractivity contribution in [2.24, 2.45) is 0 Å². The Morgan fingerprint density at radius 1 is 1.13 bits per heavy atom. The molecule has 1 aliphatic heterocycles. The highest BCUT2D eigenvalue weighted by atomic mass is 35.5. The van der Waals surface area contributed by atoms with Gasteiger partial charge in [-0.05, 0) is 49.4 Å². The number of nitrogens with zero attached hydrogens (tertiary/aromatic N) is 2. The number of rotatable bonds is 5. The van der Waals surface area contributed by atoms with Crippen LogP contribution in [0.2, 0.25) is 5.02 Å². The summed E-state index contributed by atoms with van der Waals surface area (Å²) in [6, 6.07) is 19.2. The van der Waals surface area contributed by atoms with Crippen LogP contribution in [0.4, 0.5) is 22.9 Å². The highest BCUT2D eigenvalue weighted by Crippen LogP contribution is 2.28. The molecule has 2 heterocycles. The molecule has 0 bridgehead atoms. The van der Waals surface area contributed by atoms with E-state index in [-0.39, 0.29) is 5.91 Å². The smallest absolute Gasteiger partial charge is 0.257 e. The summed E-state index contributed by atoms with van der Waals surface area (Å²) in [5, 5.41) is 10.2. The summed E-state index contributed by atoms with van der Waals surface area (Å²) in [5.41, 5.74) is 2.81. The van der Waals surface area contributed by atoms with Gasteiger partial charge in [0.15, 0.2) is 0 Å². The largest absolute Gasteiger partial charge is 0.354 e. The lowest BCUT2D eigenvalue weighted by Gasteiger charge is -2.32. The zero-order valence-electron chi connectivity index (χ0n) is 16.7. The van der Waals surface area contributed by atoms with E-state index in [2.05, 4.69) is 32.8 Å². The van der Waals surface area contributed by atoms with Gasteiger partial charge in [-0.15, -0.1) is 0 Å². The number of nitrogens with one attached hydrogen (secondary N) is 3. The van der Waals surface area contributed by atoms with Crippen molar-refractivity contribution in [3.05, 3.63) is 77.4 Å². The summed E-state index contributed by atoms with van der Waals surface area (Å²) in [4.78, 5) is 19.4. The SMILES string of the molecule is C[C@H]1CN(c2ccc(C(=O)Nc3ccc(Cl)c(Nc4ccccc4)c3)cn2)CCN1. The second kappa shape index (κ2) is 9.15. The summed E-state index contributed by atoms with van der Waals surface area (Å²) in [6.45, 7) is 4.90. The molecule has 1 saturated heterocycles. The van der Waals surface area contributed by atoms with E-state index in [0.29, 0.717) is 22.3 Å². The minimum absolute atomic E-state index is 0.212. The van der Waals surface area contributed by atoms with E-state index in [1.54, 1.807) is 18.3 Å². The van der Waals surface area contributed by atoms with Crippen LogP contribution in [-0.4, -0.2) is 36.6 Å². The van der Waals surface area contributed by atoms with Gasteiger partial charge in [-0.3, -0.25) is 4.79 Å². The van der Waals surface area contributed by atoms with Crippen LogP contribution in [0.5, 0.6) is 0 Å². The van der Waals surface area contributed by atoms with Gasteiger partial charge >= 0.3 is 0 Å². The number of anilines is 4. The predicted octanol–water partition coefficient (Wildman–Crippen LogP) is 4.53. The molecule has 1 fully saturated rings. The van der Waals surface area contributed by atoms with Crippen LogP contribution >= 0.6 is 11.6 Å². The van der Waals surface area contributed by atoms with E-state index in [1.807, 2.05) is 48.5 Å². The molecule has 30 heavy (non-hydrogen) atoms. The van der Waals surface area contributed by atoms with Gasteiger partial charge in [0.25, 0.3) is 5.91 Å². The van der Waals surface area contributed by atoms with Gasteiger partial charge in [0.05, 0.1) is 16.3 Å². The fourth-order valence-electron chi connectivity index (χ4n) is 3.43. The molecule has 6 nitrogen and oxygen atoms in total. The number of para-hydroxylation sites is 1.